The monoisotopic (exact) mass is 378 g/mol. The van der Waals surface area contributed by atoms with Crippen LogP contribution in [0.3, 0.4) is 0 Å². The molecule has 2 saturated carbocycles. The first-order chi connectivity index (χ1) is 13.8. The normalized spacial score (nSPS) is 27.9. The van der Waals surface area contributed by atoms with Gasteiger partial charge in [-0.15, -0.1) is 0 Å². The third kappa shape index (κ3) is 6.44. The fourth-order valence-electron chi connectivity index (χ4n) is 5.23. The lowest BCUT2D eigenvalue weighted by Crippen LogP contribution is -2.25. The van der Waals surface area contributed by atoms with Crippen molar-refractivity contribution in [3.05, 3.63) is 42.0 Å². The molecule has 0 unspecified atom stereocenters. The van der Waals surface area contributed by atoms with E-state index in [0.29, 0.717) is 0 Å². The highest BCUT2D eigenvalue weighted by atomic mass is 16.5. The number of unbranched alkanes of at least 4 members (excludes halogenated alkanes) is 1. The highest BCUT2D eigenvalue weighted by Crippen LogP contribution is 2.42. The molecule has 0 bridgehead atoms. The van der Waals surface area contributed by atoms with E-state index in [1.54, 1.807) is 7.11 Å². The van der Waals surface area contributed by atoms with E-state index in [1.165, 1.54) is 70.6 Å². The number of methoxy groups -OCH3 is 1. The van der Waals surface area contributed by atoms with Crippen LogP contribution in [0.25, 0.3) is 0 Å². The predicted molar refractivity (Wildman–Crippen MR) is 119 cm³/mol. The highest BCUT2D eigenvalue weighted by Gasteiger charge is 2.30. The molecule has 1 aromatic rings. The van der Waals surface area contributed by atoms with Crippen molar-refractivity contribution in [3.63, 3.8) is 0 Å². The van der Waals surface area contributed by atoms with Gasteiger partial charge in [0.25, 0.3) is 0 Å². The Bertz CT molecular complexity index is 644. The van der Waals surface area contributed by atoms with Crippen molar-refractivity contribution < 1.29 is 4.74 Å². The minimum atomic E-state index is 0.738. The molecular weight excluding hydrogens is 340 g/mol. The zero-order chi connectivity index (χ0) is 19.6. The quantitative estimate of drug-likeness (QED) is 0.468. The van der Waals surface area contributed by atoms with Crippen molar-refractivity contribution in [2.45, 2.75) is 77.6 Å². The summed E-state index contributed by atoms with van der Waals surface area (Å²) in [6, 6.07) is 7.96. The smallest absolute Gasteiger partial charge is 0.118 e. The molecule has 2 fully saturated rings. The Balaban J connectivity index is 1.37. The molecular formula is C27H38O. The van der Waals surface area contributed by atoms with Gasteiger partial charge in [0.2, 0.25) is 0 Å². The van der Waals surface area contributed by atoms with Gasteiger partial charge in [0.05, 0.1) is 7.11 Å². The van der Waals surface area contributed by atoms with Crippen LogP contribution in [0, 0.1) is 35.5 Å². The van der Waals surface area contributed by atoms with Crippen LogP contribution in [0.2, 0.25) is 0 Å². The summed E-state index contributed by atoms with van der Waals surface area (Å²) < 4.78 is 5.19. The maximum Gasteiger partial charge on any atom is 0.118 e. The average Bonchev–Trinajstić information content (AvgIpc) is 2.76. The van der Waals surface area contributed by atoms with E-state index in [-0.39, 0.29) is 0 Å². The number of ether oxygens (including phenoxy) is 1. The van der Waals surface area contributed by atoms with E-state index >= 15 is 0 Å². The van der Waals surface area contributed by atoms with Crippen LogP contribution in [0.15, 0.2) is 36.4 Å². The molecule has 0 aromatic heterocycles. The van der Waals surface area contributed by atoms with Gasteiger partial charge in [-0.25, -0.2) is 0 Å². The average molecular weight is 379 g/mol. The Hall–Kier alpha value is -1.68. The van der Waals surface area contributed by atoms with E-state index < -0.39 is 0 Å². The van der Waals surface area contributed by atoms with Gasteiger partial charge in [-0.3, -0.25) is 0 Å². The molecule has 1 nitrogen and oxygen atoms in total. The summed E-state index contributed by atoms with van der Waals surface area (Å²) in [5, 5.41) is 0. The van der Waals surface area contributed by atoms with Crippen LogP contribution in [-0.2, 0) is 0 Å². The van der Waals surface area contributed by atoms with Gasteiger partial charge in [0.15, 0.2) is 0 Å². The summed E-state index contributed by atoms with van der Waals surface area (Å²) >= 11 is 0. The molecule has 3 rings (SSSR count). The molecule has 0 saturated heterocycles. The number of rotatable bonds is 6. The van der Waals surface area contributed by atoms with Crippen LogP contribution >= 0.6 is 0 Å². The first-order valence-electron chi connectivity index (χ1n) is 11.6. The van der Waals surface area contributed by atoms with Gasteiger partial charge in [0.1, 0.15) is 5.75 Å². The van der Waals surface area contributed by atoms with Gasteiger partial charge in [0, 0.05) is 5.56 Å². The summed E-state index contributed by atoms with van der Waals surface area (Å²) in [6.45, 7) is 2.32. The van der Waals surface area contributed by atoms with Crippen LogP contribution in [0.1, 0.15) is 83.1 Å². The van der Waals surface area contributed by atoms with Crippen molar-refractivity contribution in [2.75, 3.05) is 7.11 Å². The van der Waals surface area contributed by atoms with E-state index in [9.17, 15) is 0 Å². The van der Waals surface area contributed by atoms with Crippen LogP contribution in [-0.4, -0.2) is 7.11 Å². The molecule has 0 heterocycles. The molecule has 0 radical (unpaired) electrons. The molecule has 0 aliphatic heterocycles. The van der Waals surface area contributed by atoms with Crippen molar-refractivity contribution in [3.8, 4) is 17.6 Å². The molecule has 1 aromatic carbocycles. The van der Waals surface area contributed by atoms with E-state index in [0.717, 1.165) is 35.0 Å². The van der Waals surface area contributed by atoms with Crippen LogP contribution in [0.4, 0.5) is 0 Å². The Morgan fingerprint density at radius 2 is 1.57 bits per heavy atom. The number of benzene rings is 1. The minimum absolute atomic E-state index is 0.738. The molecule has 152 valence electrons. The fourth-order valence-corrected chi connectivity index (χ4v) is 5.23. The number of allylic oxidation sites excluding steroid dienone is 2. The lowest BCUT2D eigenvalue weighted by Gasteiger charge is -2.37. The zero-order valence-electron chi connectivity index (χ0n) is 18.0. The second-order valence-electron chi connectivity index (χ2n) is 8.95. The maximum atomic E-state index is 5.19. The van der Waals surface area contributed by atoms with Crippen molar-refractivity contribution in [1.82, 2.24) is 0 Å². The number of hydrogen-bond acceptors (Lipinski definition) is 1. The Morgan fingerprint density at radius 3 is 2.18 bits per heavy atom. The van der Waals surface area contributed by atoms with E-state index in [2.05, 4.69) is 30.9 Å². The zero-order valence-corrected chi connectivity index (χ0v) is 18.0. The number of hydrogen-bond donors (Lipinski definition) is 0. The van der Waals surface area contributed by atoms with Crippen LogP contribution in [0.5, 0.6) is 5.75 Å². The minimum Gasteiger partial charge on any atom is -0.497 e. The van der Waals surface area contributed by atoms with Crippen molar-refractivity contribution in [1.29, 1.82) is 0 Å². The fraction of sp³-hybridized carbons (Fsp3) is 0.630. The lowest BCUT2D eigenvalue weighted by atomic mass is 9.68. The summed E-state index contributed by atoms with van der Waals surface area (Å²) in [4.78, 5) is 0. The Kier molecular flexibility index (Phi) is 8.53. The molecule has 28 heavy (non-hydrogen) atoms. The maximum absolute atomic E-state index is 5.19. The third-order valence-electron chi connectivity index (χ3n) is 7.10. The standard InChI is InChI=1S/C27H38O/c1-3-4-7-22-10-16-25(17-11-22)26-18-12-23(13-19-26)8-5-6-9-24-14-20-27(28-2)21-15-24/h5,8,14-15,20-23,25-26H,3-4,7,10-13,16-19H2,1-2H3. The van der Waals surface area contributed by atoms with Gasteiger partial charge in [-0.1, -0.05) is 56.9 Å². The van der Waals surface area contributed by atoms with Gasteiger partial charge < -0.3 is 4.74 Å². The predicted octanol–water partition coefficient (Wildman–Crippen LogP) is 7.41. The van der Waals surface area contributed by atoms with E-state index in [1.807, 2.05) is 24.3 Å². The largest absolute Gasteiger partial charge is 0.497 e. The first-order valence-corrected chi connectivity index (χ1v) is 11.6. The second-order valence-corrected chi connectivity index (χ2v) is 8.95. The molecule has 0 spiro atoms. The molecule has 0 N–H and O–H groups in total. The van der Waals surface area contributed by atoms with Crippen LogP contribution < -0.4 is 4.74 Å². The van der Waals surface area contributed by atoms with Gasteiger partial charge in [-0.2, -0.15) is 0 Å². The highest BCUT2D eigenvalue weighted by molar-refractivity contribution is 5.40. The molecule has 2 aliphatic rings. The summed E-state index contributed by atoms with van der Waals surface area (Å²) in [6.07, 6.45) is 20.3. The lowest BCUT2D eigenvalue weighted by molar-refractivity contribution is 0.152. The summed E-state index contributed by atoms with van der Waals surface area (Å²) in [7, 11) is 1.69. The molecule has 0 amide bonds. The SMILES string of the molecule is CCCCC1CCC(C2CCC(C=CC#Cc3ccc(OC)cc3)CC2)CC1. The second kappa shape index (κ2) is 11.4. The Morgan fingerprint density at radius 1 is 0.929 bits per heavy atom. The molecule has 0 atom stereocenters. The van der Waals surface area contributed by atoms with Gasteiger partial charge >= 0.3 is 0 Å². The topological polar surface area (TPSA) is 9.23 Å². The molecule has 2 aliphatic carbocycles. The van der Waals surface area contributed by atoms with Crippen molar-refractivity contribution >= 4 is 0 Å². The first kappa shape index (κ1) is 21.0. The van der Waals surface area contributed by atoms with Gasteiger partial charge in [-0.05, 0) is 92.5 Å². The molecule has 1 heteroatoms. The van der Waals surface area contributed by atoms with Crippen molar-refractivity contribution in [2.24, 2.45) is 23.7 Å². The Labute approximate surface area is 173 Å². The summed E-state index contributed by atoms with van der Waals surface area (Å²) in [5.41, 5.74) is 1.05. The van der Waals surface area contributed by atoms with E-state index in [4.69, 9.17) is 4.74 Å². The summed E-state index contributed by atoms with van der Waals surface area (Å²) in [5.74, 6) is 11.1. The third-order valence-corrected chi connectivity index (χ3v) is 7.10.